The summed E-state index contributed by atoms with van der Waals surface area (Å²) in [7, 11) is 0. The third-order valence-electron chi connectivity index (χ3n) is 5.46. The quantitative estimate of drug-likeness (QED) is 0.507. The summed E-state index contributed by atoms with van der Waals surface area (Å²) >= 11 is 0. The van der Waals surface area contributed by atoms with E-state index in [-0.39, 0.29) is 11.7 Å². The van der Waals surface area contributed by atoms with Gasteiger partial charge in [-0.3, -0.25) is 9.69 Å². The maximum atomic E-state index is 12.5. The molecule has 0 spiro atoms. The molecule has 1 fully saturated rings. The Bertz CT molecular complexity index is 1100. The van der Waals surface area contributed by atoms with E-state index in [2.05, 4.69) is 25.2 Å². The van der Waals surface area contributed by atoms with Crippen molar-refractivity contribution >= 4 is 28.9 Å². The van der Waals surface area contributed by atoms with E-state index in [9.17, 15) is 14.9 Å². The van der Waals surface area contributed by atoms with Gasteiger partial charge >= 0.3 is 5.82 Å². The number of imidazole rings is 1. The van der Waals surface area contributed by atoms with Gasteiger partial charge in [0.25, 0.3) is 0 Å². The Balaban J connectivity index is 1.36. The highest BCUT2D eigenvalue weighted by Crippen LogP contribution is 2.20. The molecule has 1 aliphatic heterocycles. The predicted molar refractivity (Wildman–Crippen MR) is 113 cm³/mol. The van der Waals surface area contributed by atoms with Gasteiger partial charge in [-0.25, -0.2) is 4.98 Å². The normalized spacial score (nSPS) is 14.8. The first kappa shape index (κ1) is 19.8. The third kappa shape index (κ3) is 3.94. The van der Waals surface area contributed by atoms with Crippen molar-refractivity contribution in [2.24, 2.45) is 0 Å². The molecule has 0 aliphatic carbocycles. The average molecular weight is 409 g/mol. The van der Waals surface area contributed by atoms with Gasteiger partial charge in [0.05, 0.1) is 6.54 Å². The van der Waals surface area contributed by atoms with Crippen LogP contribution in [0, 0.1) is 24.0 Å². The summed E-state index contributed by atoms with van der Waals surface area (Å²) in [6, 6.07) is 9.41. The lowest BCUT2D eigenvalue weighted by atomic mass is 10.1. The summed E-state index contributed by atoms with van der Waals surface area (Å²) in [6.07, 6.45) is 1.21. The topological polar surface area (TPSA) is 109 Å². The minimum atomic E-state index is -0.497. The van der Waals surface area contributed by atoms with E-state index < -0.39 is 4.92 Å². The molecule has 30 heavy (non-hydrogen) atoms. The second-order valence-electron chi connectivity index (χ2n) is 7.39. The zero-order valence-corrected chi connectivity index (χ0v) is 16.9. The number of carbonyl (C=O) groups excluding carboxylic acids is 1. The van der Waals surface area contributed by atoms with Crippen molar-refractivity contribution in [1.82, 2.24) is 19.5 Å². The standard InChI is InChI=1S/C20H23N7O3/c1-14-4-3-5-16(15(14)2)22-19(28)13-24-8-10-25(11-9-24)18-7-6-17-21-12-20(27(29)30)26(17)23-18/h3-7,12H,8-11,13H2,1-2H3,(H,22,28). The average Bonchev–Trinajstić information content (AvgIpc) is 3.15. The van der Waals surface area contributed by atoms with E-state index in [1.54, 1.807) is 6.07 Å². The SMILES string of the molecule is Cc1cccc(NC(=O)CN2CCN(c3ccc4ncc([N+](=O)[O-])n4n3)CC2)c1C. The lowest BCUT2D eigenvalue weighted by Gasteiger charge is -2.34. The molecule has 1 aromatic carbocycles. The van der Waals surface area contributed by atoms with Crippen LogP contribution in [0.25, 0.3) is 5.65 Å². The molecule has 0 saturated carbocycles. The number of rotatable bonds is 5. The highest BCUT2D eigenvalue weighted by atomic mass is 16.6. The largest absolute Gasteiger partial charge is 0.368 e. The zero-order valence-electron chi connectivity index (χ0n) is 16.9. The van der Waals surface area contributed by atoms with Crippen LogP contribution in [0.3, 0.4) is 0 Å². The number of aromatic nitrogens is 3. The maximum absolute atomic E-state index is 12.5. The van der Waals surface area contributed by atoms with Gasteiger partial charge in [-0.2, -0.15) is 0 Å². The van der Waals surface area contributed by atoms with Crippen LogP contribution in [0.5, 0.6) is 0 Å². The van der Waals surface area contributed by atoms with Crippen molar-refractivity contribution in [3.63, 3.8) is 0 Å². The van der Waals surface area contributed by atoms with Crippen LogP contribution < -0.4 is 10.2 Å². The number of nitrogens with zero attached hydrogens (tertiary/aromatic N) is 6. The first-order valence-electron chi connectivity index (χ1n) is 9.75. The Hall–Kier alpha value is -3.53. The number of carbonyl (C=O) groups is 1. The van der Waals surface area contributed by atoms with Crippen molar-refractivity contribution in [2.75, 3.05) is 42.9 Å². The Kier molecular flexibility index (Phi) is 5.32. The van der Waals surface area contributed by atoms with Crippen molar-refractivity contribution < 1.29 is 9.72 Å². The molecule has 1 saturated heterocycles. The number of benzene rings is 1. The maximum Gasteiger partial charge on any atom is 0.368 e. The summed E-state index contributed by atoms with van der Waals surface area (Å²) in [6.45, 7) is 7.10. The molecule has 1 N–H and O–H groups in total. The second-order valence-corrected chi connectivity index (χ2v) is 7.39. The molecular weight excluding hydrogens is 386 g/mol. The minimum Gasteiger partial charge on any atom is -0.358 e. The molecule has 1 aliphatic rings. The minimum absolute atomic E-state index is 0.0364. The van der Waals surface area contributed by atoms with Crippen LogP contribution >= 0.6 is 0 Å². The molecule has 10 nitrogen and oxygen atoms in total. The molecule has 0 radical (unpaired) electrons. The Morgan fingerprint density at radius 2 is 1.93 bits per heavy atom. The zero-order chi connectivity index (χ0) is 21.3. The summed E-state index contributed by atoms with van der Waals surface area (Å²) in [5, 5.41) is 18.5. The number of hydrogen-bond acceptors (Lipinski definition) is 7. The van der Waals surface area contributed by atoms with Crippen molar-refractivity contribution in [1.29, 1.82) is 0 Å². The van der Waals surface area contributed by atoms with Gasteiger partial charge in [0.1, 0.15) is 6.20 Å². The van der Waals surface area contributed by atoms with Gasteiger partial charge in [-0.05, 0) is 42.0 Å². The summed E-state index contributed by atoms with van der Waals surface area (Å²) < 4.78 is 1.25. The van der Waals surface area contributed by atoms with Crippen molar-refractivity contribution in [3.05, 3.63) is 57.8 Å². The predicted octanol–water partition coefficient (Wildman–Crippen LogP) is 2.02. The van der Waals surface area contributed by atoms with E-state index >= 15 is 0 Å². The lowest BCUT2D eigenvalue weighted by molar-refractivity contribution is -0.391. The van der Waals surface area contributed by atoms with Crippen LogP contribution in [-0.2, 0) is 4.79 Å². The van der Waals surface area contributed by atoms with E-state index in [4.69, 9.17) is 0 Å². The Morgan fingerprint density at radius 3 is 2.67 bits per heavy atom. The molecule has 4 rings (SSSR count). The number of anilines is 2. The Labute approximate surface area is 173 Å². The highest BCUT2D eigenvalue weighted by Gasteiger charge is 2.23. The van der Waals surface area contributed by atoms with Gasteiger partial charge in [-0.15, -0.1) is 0 Å². The number of nitrogens with one attached hydrogen (secondary N) is 1. The van der Waals surface area contributed by atoms with E-state index in [1.165, 1.54) is 10.7 Å². The fourth-order valence-corrected chi connectivity index (χ4v) is 3.56. The van der Waals surface area contributed by atoms with Crippen LogP contribution in [0.15, 0.2) is 36.5 Å². The number of piperazine rings is 1. The van der Waals surface area contributed by atoms with Crippen molar-refractivity contribution in [3.8, 4) is 0 Å². The molecule has 3 aromatic rings. The first-order valence-corrected chi connectivity index (χ1v) is 9.75. The molecule has 1 amide bonds. The van der Waals surface area contributed by atoms with Crippen LogP contribution in [0.2, 0.25) is 0 Å². The monoisotopic (exact) mass is 409 g/mol. The number of aryl methyl sites for hydroxylation is 1. The smallest absolute Gasteiger partial charge is 0.358 e. The molecule has 3 heterocycles. The number of amides is 1. The first-order chi connectivity index (χ1) is 14.4. The highest BCUT2D eigenvalue weighted by molar-refractivity contribution is 5.93. The van der Waals surface area contributed by atoms with E-state index in [1.807, 2.05) is 38.1 Å². The lowest BCUT2D eigenvalue weighted by Crippen LogP contribution is -2.49. The number of fused-ring (bicyclic) bond motifs is 1. The molecule has 0 bridgehead atoms. The van der Waals surface area contributed by atoms with Crippen LogP contribution in [0.4, 0.5) is 17.3 Å². The van der Waals surface area contributed by atoms with Gasteiger partial charge in [-0.1, -0.05) is 21.7 Å². The molecule has 0 unspecified atom stereocenters. The van der Waals surface area contributed by atoms with E-state index in [0.717, 1.165) is 16.8 Å². The Morgan fingerprint density at radius 1 is 1.17 bits per heavy atom. The number of hydrogen-bond donors (Lipinski definition) is 1. The molecular formula is C20H23N7O3. The number of nitro groups is 1. The molecule has 0 atom stereocenters. The fourth-order valence-electron chi connectivity index (χ4n) is 3.56. The molecule has 2 aromatic heterocycles. The van der Waals surface area contributed by atoms with Gasteiger partial charge in [0, 0.05) is 37.9 Å². The second kappa shape index (κ2) is 8.07. The third-order valence-corrected chi connectivity index (χ3v) is 5.46. The van der Waals surface area contributed by atoms with Gasteiger partial charge in [0.2, 0.25) is 11.6 Å². The summed E-state index contributed by atoms with van der Waals surface area (Å²) in [5.74, 6) is 0.461. The van der Waals surface area contributed by atoms with Gasteiger partial charge < -0.3 is 20.3 Å². The molecule has 156 valence electrons. The summed E-state index contributed by atoms with van der Waals surface area (Å²) in [5.41, 5.74) is 3.50. The van der Waals surface area contributed by atoms with Gasteiger partial charge in [0.15, 0.2) is 5.82 Å². The van der Waals surface area contributed by atoms with E-state index in [0.29, 0.717) is 44.2 Å². The molecule has 10 heteroatoms. The van der Waals surface area contributed by atoms with Crippen molar-refractivity contribution in [2.45, 2.75) is 13.8 Å². The van der Waals surface area contributed by atoms with Crippen LogP contribution in [-0.4, -0.2) is 63.1 Å². The summed E-state index contributed by atoms with van der Waals surface area (Å²) in [4.78, 5) is 31.2. The fraction of sp³-hybridized carbons (Fsp3) is 0.350. The van der Waals surface area contributed by atoms with Crippen LogP contribution in [0.1, 0.15) is 11.1 Å².